The molecule has 1 aromatic heterocycles. The standard InChI is InChI=1S/C67H45N3O/c1-5-23-47(24-6-1)68(48-25-7-2-8-26-48)51-31-21-22-46(42-51)55-44-57-54-33-14-20-39-65(54)71-66(57)45-64(55)69(49-27-9-3-10-28-49)52-40-41-59-56(43-52)53-32-13-15-34-58(53)67(59)60-35-16-18-37-62(60)70(50-29-11-4-12-30-50)63-38-19-17-36-61(63)67/h1-45H. The van der Waals surface area contributed by atoms with E-state index in [2.05, 4.69) is 282 Å². The summed E-state index contributed by atoms with van der Waals surface area (Å²) in [5.74, 6) is 0. The van der Waals surface area contributed by atoms with Gasteiger partial charge < -0.3 is 19.1 Å². The Kier molecular flexibility index (Phi) is 9.39. The lowest BCUT2D eigenvalue weighted by atomic mass is 9.64. The molecular weight excluding hydrogens is 863 g/mol. The normalized spacial score (nSPS) is 12.9. The second kappa shape index (κ2) is 16.4. The van der Waals surface area contributed by atoms with E-state index in [-0.39, 0.29) is 0 Å². The van der Waals surface area contributed by atoms with E-state index in [0.29, 0.717) is 0 Å². The second-order valence-corrected chi connectivity index (χ2v) is 18.4. The molecular formula is C67H45N3O. The van der Waals surface area contributed by atoms with Crippen LogP contribution in [0.4, 0.5) is 51.2 Å². The summed E-state index contributed by atoms with van der Waals surface area (Å²) in [5, 5.41) is 2.16. The lowest BCUT2D eigenvalue weighted by Crippen LogP contribution is -2.36. The molecule has 11 aromatic carbocycles. The lowest BCUT2D eigenvalue weighted by Gasteiger charge is -2.45. The maximum absolute atomic E-state index is 6.75. The molecule has 14 rings (SSSR count). The van der Waals surface area contributed by atoms with Gasteiger partial charge in [-0.15, -0.1) is 0 Å². The molecule has 334 valence electrons. The summed E-state index contributed by atoms with van der Waals surface area (Å²) in [6.07, 6.45) is 0. The van der Waals surface area contributed by atoms with Crippen molar-refractivity contribution in [2.24, 2.45) is 0 Å². The molecule has 1 spiro atoms. The molecule has 4 nitrogen and oxygen atoms in total. The molecule has 0 saturated carbocycles. The van der Waals surface area contributed by atoms with Crippen molar-refractivity contribution in [3.63, 3.8) is 0 Å². The first-order valence-corrected chi connectivity index (χ1v) is 24.3. The van der Waals surface area contributed by atoms with E-state index in [1.54, 1.807) is 0 Å². The number of rotatable bonds is 8. The summed E-state index contributed by atoms with van der Waals surface area (Å²) in [5.41, 5.74) is 20.7. The number of fused-ring (bicyclic) bond motifs is 12. The zero-order valence-corrected chi connectivity index (χ0v) is 38.7. The van der Waals surface area contributed by atoms with Gasteiger partial charge in [0.2, 0.25) is 0 Å². The molecule has 0 fully saturated rings. The van der Waals surface area contributed by atoms with Crippen LogP contribution < -0.4 is 14.7 Å². The van der Waals surface area contributed by atoms with Crippen molar-refractivity contribution >= 4 is 73.1 Å². The van der Waals surface area contributed by atoms with Crippen LogP contribution in [0, 0.1) is 0 Å². The fourth-order valence-corrected chi connectivity index (χ4v) is 11.7. The van der Waals surface area contributed by atoms with Gasteiger partial charge in [0, 0.05) is 56.5 Å². The molecule has 1 aliphatic heterocycles. The Balaban J connectivity index is 1.01. The number of anilines is 9. The summed E-state index contributed by atoms with van der Waals surface area (Å²) >= 11 is 0. The molecule has 1 aliphatic carbocycles. The maximum Gasteiger partial charge on any atom is 0.137 e. The number of hydrogen-bond donors (Lipinski definition) is 0. The fraction of sp³-hybridized carbons (Fsp3) is 0.0149. The van der Waals surface area contributed by atoms with Crippen LogP contribution in [-0.2, 0) is 5.41 Å². The third-order valence-electron chi connectivity index (χ3n) is 14.6. The molecule has 71 heavy (non-hydrogen) atoms. The minimum Gasteiger partial charge on any atom is -0.456 e. The molecule has 4 heteroatoms. The van der Waals surface area contributed by atoms with Gasteiger partial charge >= 0.3 is 0 Å². The molecule has 2 heterocycles. The van der Waals surface area contributed by atoms with Gasteiger partial charge in [0.1, 0.15) is 11.2 Å². The van der Waals surface area contributed by atoms with E-state index in [9.17, 15) is 0 Å². The van der Waals surface area contributed by atoms with Crippen molar-refractivity contribution in [3.8, 4) is 22.3 Å². The summed E-state index contributed by atoms with van der Waals surface area (Å²) in [6.45, 7) is 0. The Morgan fingerprint density at radius 3 is 1.51 bits per heavy atom. The smallest absolute Gasteiger partial charge is 0.137 e. The van der Waals surface area contributed by atoms with Crippen molar-refractivity contribution in [1.82, 2.24) is 0 Å². The summed E-state index contributed by atoms with van der Waals surface area (Å²) < 4.78 is 6.75. The van der Waals surface area contributed by atoms with Crippen molar-refractivity contribution in [2.45, 2.75) is 5.41 Å². The summed E-state index contributed by atoms with van der Waals surface area (Å²) in [7, 11) is 0. The van der Waals surface area contributed by atoms with Gasteiger partial charge in [-0.25, -0.2) is 0 Å². The van der Waals surface area contributed by atoms with Crippen molar-refractivity contribution in [3.05, 3.63) is 295 Å². The lowest BCUT2D eigenvalue weighted by molar-refractivity contribution is 0.669. The predicted molar refractivity (Wildman–Crippen MR) is 294 cm³/mol. The Bertz CT molecular complexity index is 3870. The van der Waals surface area contributed by atoms with E-state index >= 15 is 0 Å². The average Bonchev–Trinajstić information content (AvgIpc) is 3.95. The van der Waals surface area contributed by atoms with E-state index in [0.717, 1.165) is 72.9 Å². The molecule has 12 aromatic rings. The van der Waals surface area contributed by atoms with Gasteiger partial charge in [0.05, 0.1) is 22.5 Å². The van der Waals surface area contributed by atoms with Crippen molar-refractivity contribution < 1.29 is 4.42 Å². The van der Waals surface area contributed by atoms with Gasteiger partial charge in [0.25, 0.3) is 0 Å². The number of para-hydroxylation sites is 7. The second-order valence-electron chi connectivity index (χ2n) is 18.4. The first kappa shape index (κ1) is 40.7. The zero-order valence-electron chi connectivity index (χ0n) is 38.7. The molecule has 0 unspecified atom stereocenters. The fourth-order valence-electron chi connectivity index (χ4n) is 11.7. The largest absolute Gasteiger partial charge is 0.456 e. The number of benzene rings is 11. The first-order valence-electron chi connectivity index (χ1n) is 24.3. The predicted octanol–water partition coefficient (Wildman–Crippen LogP) is 18.3. The SMILES string of the molecule is c1ccc(N(c2ccccc2)c2cccc(-c3cc4c(cc3N(c3ccccc3)c3ccc5c(c3)-c3ccccc3C53c5ccccc5N(c5ccccc5)c5ccccc53)oc3ccccc34)c2)cc1. The summed E-state index contributed by atoms with van der Waals surface area (Å²) in [6, 6.07) is 99.0. The topological polar surface area (TPSA) is 22.9 Å². The Morgan fingerprint density at radius 2 is 0.831 bits per heavy atom. The van der Waals surface area contributed by atoms with E-state index in [1.165, 1.54) is 44.8 Å². The third-order valence-corrected chi connectivity index (χ3v) is 14.6. The minimum absolute atomic E-state index is 0.567. The van der Waals surface area contributed by atoms with Crippen LogP contribution in [0.15, 0.2) is 277 Å². The maximum atomic E-state index is 6.75. The van der Waals surface area contributed by atoms with Crippen LogP contribution in [0.5, 0.6) is 0 Å². The molecule has 0 saturated heterocycles. The Labute approximate surface area is 413 Å². The third kappa shape index (κ3) is 6.32. The Hall–Kier alpha value is -9.38. The molecule has 0 amide bonds. The van der Waals surface area contributed by atoms with Crippen molar-refractivity contribution in [2.75, 3.05) is 14.7 Å². The van der Waals surface area contributed by atoms with Gasteiger partial charge in [-0.1, -0.05) is 170 Å². The number of nitrogens with zero attached hydrogens (tertiary/aromatic N) is 3. The van der Waals surface area contributed by atoms with Crippen LogP contribution in [0.3, 0.4) is 0 Å². The van der Waals surface area contributed by atoms with E-state index in [4.69, 9.17) is 4.42 Å². The monoisotopic (exact) mass is 907 g/mol. The van der Waals surface area contributed by atoms with Gasteiger partial charge in [-0.2, -0.15) is 0 Å². The van der Waals surface area contributed by atoms with Gasteiger partial charge in [0.15, 0.2) is 0 Å². The van der Waals surface area contributed by atoms with Crippen LogP contribution >= 0.6 is 0 Å². The Morgan fingerprint density at radius 1 is 0.310 bits per heavy atom. The van der Waals surface area contributed by atoms with Crippen molar-refractivity contribution in [1.29, 1.82) is 0 Å². The quantitative estimate of drug-likeness (QED) is 0.152. The van der Waals surface area contributed by atoms with Gasteiger partial charge in [-0.3, -0.25) is 0 Å². The first-order chi connectivity index (χ1) is 35.2. The number of hydrogen-bond acceptors (Lipinski definition) is 4. The molecule has 0 bridgehead atoms. The van der Waals surface area contributed by atoms with E-state index < -0.39 is 5.41 Å². The highest BCUT2D eigenvalue weighted by atomic mass is 16.3. The molecule has 0 radical (unpaired) electrons. The highest BCUT2D eigenvalue weighted by Crippen LogP contribution is 2.64. The molecule has 2 aliphatic rings. The molecule has 0 atom stereocenters. The highest BCUT2D eigenvalue weighted by molar-refractivity contribution is 6.10. The number of furan rings is 1. The van der Waals surface area contributed by atoms with Crippen LogP contribution in [0.1, 0.15) is 22.3 Å². The molecule has 0 N–H and O–H groups in total. The van der Waals surface area contributed by atoms with Gasteiger partial charge in [-0.05, 0) is 136 Å². The van der Waals surface area contributed by atoms with E-state index in [1.807, 2.05) is 6.07 Å². The van der Waals surface area contributed by atoms with Crippen LogP contribution in [0.25, 0.3) is 44.2 Å². The average molecular weight is 908 g/mol. The minimum atomic E-state index is -0.567. The summed E-state index contributed by atoms with van der Waals surface area (Å²) in [4.78, 5) is 7.19. The highest BCUT2D eigenvalue weighted by Gasteiger charge is 2.51. The zero-order chi connectivity index (χ0) is 46.9. The van der Waals surface area contributed by atoms with Crippen LogP contribution in [0.2, 0.25) is 0 Å². The van der Waals surface area contributed by atoms with Crippen LogP contribution in [-0.4, -0.2) is 0 Å².